The van der Waals surface area contributed by atoms with Crippen LogP contribution in [0, 0.1) is 6.20 Å². The van der Waals surface area contributed by atoms with Crippen LogP contribution in [0.4, 0.5) is 0 Å². The fraction of sp³-hybridized carbons (Fsp3) is 0. The number of pyridine rings is 1. The Morgan fingerprint density at radius 2 is 2.38 bits per heavy atom. The van der Waals surface area contributed by atoms with Crippen molar-refractivity contribution < 1.29 is 21.1 Å². The number of halogens is 1. The van der Waals surface area contributed by atoms with E-state index in [1.807, 2.05) is 0 Å². The predicted octanol–water partition coefficient (Wildman–Crippen LogP) is 1.53. The molecule has 1 heterocycles. The summed E-state index contributed by atoms with van der Waals surface area (Å²) in [5.41, 5.74) is 0. The molecule has 3 heteroatoms. The first-order valence-electron chi connectivity index (χ1n) is 1.87. The van der Waals surface area contributed by atoms with E-state index in [0.29, 0.717) is 5.02 Å². The number of hydrogen-bond acceptors (Lipinski definition) is 1. The van der Waals surface area contributed by atoms with Crippen molar-refractivity contribution in [1.29, 1.82) is 0 Å². The standard InChI is InChI=1S/C5H3ClN.W/c6-5-1-3-7-4-2-5;/h1-3H;/q-1;. The molecule has 1 aromatic rings. The molecule has 0 aliphatic heterocycles. The number of hydrogen-bond donors (Lipinski definition) is 0. The summed E-state index contributed by atoms with van der Waals surface area (Å²) in [6.07, 6.45) is 4.18. The Labute approximate surface area is 67.3 Å². The number of aromatic nitrogens is 1. The van der Waals surface area contributed by atoms with Gasteiger partial charge in [0.05, 0.1) is 0 Å². The molecule has 0 fully saturated rings. The Bertz CT molecular complexity index is 142. The van der Waals surface area contributed by atoms with Crippen LogP contribution >= 0.6 is 11.6 Å². The Balaban J connectivity index is 0.000000490. The average Bonchev–Trinajstić information content (AvgIpc) is 1.69. The summed E-state index contributed by atoms with van der Waals surface area (Å²) >= 11 is 5.47. The topological polar surface area (TPSA) is 12.9 Å². The molecule has 0 N–H and O–H groups in total. The van der Waals surface area contributed by atoms with Gasteiger partial charge in [-0.15, -0.1) is 12.1 Å². The molecule has 8 heavy (non-hydrogen) atoms. The normalized spacial score (nSPS) is 7.62. The van der Waals surface area contributed by atoms with E-state index in [1.54, 1.807) is 18.3 Å². The Hall–Kier alpha value is 0.128. The van der Waals surface area contributed by atoms with Crippen LogP contribution < -0.4 is 0 Å². The van der Waals surface area contributed by atoms with E-state index in [1.165, 1.54) is 0 Å². The Morgan fingerprint density at radius 3 is 2.62 bits per heavy atom. The van der Waals surface area contributed by atoms with E-state index in [9.17, 15) is 0 Å². The first kappa shape index (κ1) is 8.13. The molecular weight excluding hydrogens is 293 g/mol. The molecule has 1 aromatic heterocycles. The second kappa shape index (κ2) is 4.05. The minimum atomic E-state index is 0. The van der Waals surface area contributed by atoms with E-state index < -0.39 is 0 Å². The molecule has 0 aliphatic carbocycles. The summed E-state index contributed by atoms with van der Waals surface area (Å²) in [5.74, 6) is 0. The van der Waals surface area contributed by atoms with E-state index >= 15 is 0 Å². The molecule has 0 radical (unpaired) electrons. The molecular formula is C5H3ClNW-. The first-order valence-corrected chi connectivity index (χ1v) is 2.25. The second-order valence-corrected chi connectivity index (χ2v) is 1.54. The smallest absolute Gasteiger partial charge is 0 e. The minimum absolute atomic E-state index is 0. The van der Waals surface area contributed by atoms with Crippen LogP contribution in [0.15, 0.2) is 18.3 Å². The van der Waals surface area contributed by atoms with Gasteiger partial charge in [-0.2, -0.15) is 11.6 Å². The van der Waals surface area contributed by atoms with Gasteiger partial charge in [0.15, 0.2) is 0 Å². The van der Waals surface area contributed by atoms with E-state index in [-0.39, 0.29) is 21.1 Å². The number of rotatable bonds is 0. The zero-order valence-electron chi connectivity index (χ0n) is 3.97. The van der Waals surface area contributed by atoms with Crippen molar-refractivity contribution in [3.05, 3.63) is 29.5 Å². The molecule has 0 spiro atoms. The second-order valence-electron chi connectivity index (χ2n) is 1.10. The summed E-state index contributed by atoms with van der Waals surface area (Å²) in [6, 6.07) is 3.32. The molecule has 0 amide bonds. The molecule has 0 atom stereocenters. The van der Waals surface area contributed by atoms with Crippen molar-refractivity contribution in [3.63, 3.8) is 0 Å². The van der Waals surface area contributed by atoms with Crippen LogP contribution in [0.2, 0.25) is 5.02 Å². The zero-order chi connectivity index (χ0) is 5.11. The van der Waals surface area contributed by atoms with Gasteiger partial charge in [-0.1, -0.05) is 17.4 Å². The fourth-order valence-electron chi connectivity index (χ4n) is 0.299. The van der Waals surface area contributed by atoms with Gasteiger partial charge in [-0.25, -0.2) is 0 Å². The zero-order valence-corrected chi connectivity index (χ0v) is 7.65. The van der Waals surface area contributed by atoms with Gasteiger partial charge in [0.1, 0.15) is 0 Å². The molecule has 0 saturated carbocycles. The van der Waals surface area contributed by atoms with Crippen molar-refractivity contribution in [1.82, 2.24) is 4.98 Å². The van der Waals surface area contributed by atoms with Gasteiger partial charge < -0.3 is 4.98 Å². The maximum Gasteiger partial charge on any atom is 0 e. The maximum atomic E-state index is 5.47. The van der Waals surface area contributed by atoms with Crippen molar-refractivity contribution in [2.75, 3.05) is 0 Å². The Morgan fingerprint density at radius 1 is 1.62 bits per heavy atom. The van der Waals surface area contributed by atoms with Crippen LogP contribution in [-0.4, -0.2) is 4.98 Å². The first-order chi connectivity index (χ1) is 3.39. The van der Waals surface area contributed by atoms with Gasteiger partial charge in [-0.3, -0.25) is 0 Å². The predicted molar refractivity (Wildman–Crippen MR) is 28.1 cm³/mol. The summed E-state index contributed by atoms with van der Waals surface area (Å²) in [4.78, 5) is 3.64. The van der Waals surface area contributed by atoms with E-state index in [4.69, 9.17) is 11.6 Å². The molecule has 42 valence electrons. The summed E-state index contributed by atoms with van der Waals surface area (Å²) in [6.45, 7) is 0. The van der Waals surface area contributed by atoms with Gasteiger partial charge >= 0.3 is 0 Å². The largest absolute Gasteiger partial charge is 0.394 e. The van der Waals surface area contributed by atoms with Gasteiger partial charge in [0.25, 0.3) is 0 Å². The monoisotopic (exact) mass is 296 g/mol. The van der Waals surface area contributed by atoms with Crippen molar-refractivity contribution in [2.24, 2.45) is 0 Å². The molecule has 0 unspecified atom stereocenters. The molecule has 0 bridgehead atoms. The van der Waals surface area contributed by atoms with Crippen molar-refractivity contribution in [2.45, 2.75) is 0 Å². The maximum absolute atomic E-state index is 5.47. The number of nitrogens with zero attached hydrogens (tertiary/aromatic N) is 1. The third-order valence-electron chi connectivity index (χ3n) is 0.585. The average molecular weight is 296 g/mol. The van der Waals surface area contributed by atoms with Crippen LogP contribution in [0.5, 0.6) is 0 Å². The third-order valence-corrected chi connectivity index (χ3v) is 0.820. The summed E-state index contributed by atoms with van der Waals surface area (Å²) in [7, 11) is 0. The molecule has 1 rings (SSSR count). The molecule has 1 nitrogen and oxygen atoms in total. The van der Waals surface area contributed by atoms with Crippen molar-refractivity contribution in [3.8, 4) is 0 Å². The van der Waals surface area contributed by atoms with Crippen molar-refractivity contribution >= 4 is 11.6 Å². The third kappa shape index (κ3) is 2.44. The van der Waals surface area contributed by atoms with E-state index in [2.05, 4.69) is 11.2 Å². The van der Waals surface area contributed by atoms with Gasteiger partial charge in [-0.05, 0) is 0 Å². The van der Waals surface area contributed by atoms with Crippen LogP contribution in [0.25, 0.3) is 0 Å². The quantitative estimate of drug-likeness (QED) is 0.662. The summed E-state index contributed by atoms with van der Waals surface area (Å²) in [5, 5.41) is 0.676. The molecule has 0 aliphatic rings. The van der Waals surface area contributed by atoms with Gasteiger partial charge in [0.2, 0.25) is 0 Å². The SMILES string of the molecule is Clc1c[c-]ncc1.[W]. The molecule has 0 aromatic carbocycles. The summed E-state index contributed by atoms with van der Waals surface area (Å²) < 4.78 is 0. The van der Waals surface area contributed by atoms with Crippen LogP contribution in [0.3, 0.4) is 0 Å². The van der Waals surface area contributed by atoms with Gasteiger partial charge in [0, 0.05) is 21.1 Å². The van der Waals surface area contributed by atoms with Crippen LogP contribution in [0.1, 0.15) is 0 Å². The minimum Gasteiger partial charge on any atom is -0.394 e. The van der Waals surface area contributed by atoms with Crippen LogP contribution in [-0.2, 0) is 21.1 Å². The molecule has 0 saturated heterocycles. The Kier molecular flexibility index (Phi) is 4.12. The fourth-order valence-corrected chi connectivity index (χ4v) is 0.404. The van der Waals surface area contributed by atoms with E-state index in [0.717, 1.165) is 0 Å².